The van der Waals surface area contributed by atoms with Crippen LogP contribution in [0.1, 0.15) is 25.3 Å². The molecule has 1 fully saturated rings. The van der Waals surface area contributed by atoms with Crippen LogP contribution in [0.5, 0.6) is 11.5 Å². The minimum Gasteiger partial charge on any atom is -0.454 e. The summed E-state index contributed by atoms with van der Waals surface area (Å²) in [6.45, 7) is 4.32. The lowest BCUT2D eigenvalue weighted by atomic mass is 9.77. The van der Waals surface area contributed by atoms with Gasteiger partial charge in [0, 0.05) is 37.6 Å². The van der Waals surface area contributed by atoms with Crippen LogP contribution in [0.3, 0.4) is 0 Å². The van der Waals surface area contributed by atoms with E-state index in [0.717, 1.165) is 43.9 Å². The molecule has 2 aliphatic heterocycles. The number of carbonyl (C=O) groups is 1. The van der Waals surface area contributed by atoms with E-state index >= 15 is 0 Å². The molecule has 6 nitrogen and oxygen atoms in total. The van der Waals surface area contributed by atoms with Gasteiger partial charge in [-0.2, -0.15) is 0 Å². The number of pyridine rings is 1. The van der Waals surface area contributed by atoms with Crippen LogP contribution in [0.2, 0.25) is 0 Å². The van der Waals surface area contributed by atoms with Crippen LogP contribution in [0.4, 0.5) is 0 Å². The number of nitrogens with zero attached hydrogens (tertiary/aromatic N) is 2. The number of fused-ring (bicyclic) bond motifs is 1. The van der Waals surface area contributed by atoms with E-state index in [-0.39, 0.29) is 30.1 Å². The van der Waals surface area contributed by atoms with Gasteiger partial charge >= 0.3 is 0 Å². The smallest absolute Gasteiger partial charge is 0.242 e. The van der Waals surface area contributed by atoms with Gasteiger partial charge in [0.15, 0.2) is 16.9 Å². The molecule has 0 radical (unpaired) electrons. The Kier molecular flexibility index (Phi) is 4.64. The molecule has 1 saturated heterocycles. The highest BCUT2D eigenvalue weighted by Gasteiger charge is 2.33. The van der Waals surface area contributed by atoms with E-state index in [1.165, 1.54) is 17.7 Å². The number of rotatable bonds is 4. The Bertz CT molecular complexity index is 887. The first-order valence-electron chi connectivity index (χ1n) is 9.33. The zero-order valence-corrected chi connectivity index (χ0v) is 15.5. The number of benzene rings is 1. The molecule has 3 heterocycles. The van der Waals surface area contributed by atoms with Gasteiger partial charge in [0.2, 0.25) is 12.7 Å². The summed E-state index contributed by atoms with van der Waals surface area (Å²) in [4.78, 5) is 25.9. The standard InChI is InChI=1S/C21H24N2O4/c1-21(12-16-3-4-18-19(11-16)27-15-26-18)7-2-8-23(14-21)20(25)13-22-9-5-17(24)6-10-22/h3-6,9-11H,2,7-8,12-15H2,1H3/t21-/m1/s1. The van der Waals surface area contributed by atoms with Gasteiger partial charge in [0.05, 0.1) is 0 Å². The van der Waals surface area contributed by atoms with Gasteiger partial charge in [-0.05, 0) is 42.4 Å². The SMILES string of the molecule is C[C@]1(Cc2ccc3c(c2)OCO3)CCCN(C(=O)Cn2ccc(=O)cc2)C1. The predicted molar refractivity (Wildman–Crippen MR) is 101 cm³/mol. The number of piperidine rings is 1. The second-order valence-electron chi connectivity index (χ2n) is 7.80. The lowest BCUT2D eigenvalue weighted by Crippen LogP contribution is -2.46. The normalized spacial score (nSPS) is 21.3. The van der Waals surface area contributed by atoms with E-state index in [1.54, 1.807) is 17.0 Å². The molecule has 0 spiro atoms. The van der Waals surface area contributed by atoms with E-state index in [0.29, 0.717) is 0 Å². The fourth-order valence-corrected chi connectivity index (χ4v) is 4.02. The van der Waals surface area contributed by atoms with Gasteiger partial charge in [-0.15, -0.1) is 0 Å². The molecule has 1 aromatic heterocycles. The summed E-state index contributed by atoms with van der Waals surface area (Å²) >= 11 is 0. The third-order valence-electron chi connectivity index (χ3n) is 5.38. The maximum absolute atomic E-state index is 12.7. The molecule has 0 saturated carbocycles. The summed E-state index contributed by atoms with van der Waals surface area (Å²) in [5, 5.41) is 0. The molecule has 27 heavy (non-hydrogen) atoms. The zero-order chi connectivity index (χ0) is 18.9. The molecule has 4 rings (SSSR count). The van der Waals surface area contributed by atoms with Crippen molar-refractivity contribution < 1.29 is 14.3 Å². The van der Waals surface area contributed by atoms with E-state index < -0.39 is 0 Å². The molecule has 1 aromatic carbocycles. The number of ether oxygens (including phenoxy) is 2. The maximum atomic E-state index is 12.7. The first kappa shape index (κ1) is 17.6. The highest BCUT2D eigenvalue weighted by molar-refractivity contribution is 5.76. The van der Waals surface area contributed by atoms with E-state index in [1.807, 2.05) is 11.0 Å². The van der Waals surface area contributed by atoms with Crippen LogP contribution in [-0.2, 0) is 17.8 Å². The van der Waals surface area contributed by atoms with Crippen molar-refractivity contribution in [1.82, 2.24) is 9.47 Å². The second-order valence-corrected chi connectivity index (χ2v) is 7.80. The number of hydrogen-bond donors (Lipinski definition) is 0. The average molecular weight is 368 g/mol. The molecule has 0 unspecified atom stereocenters. The predicted octanol–water partition coefficient (Wildman–Crippen LogP) is 2.45. The lowest BCUT2D eigenvalue weighted by Gasteiger charge is -2.41. The van der Waals surface area contributed by atoms with Crippen molar-refractivity contribution in [3.8, 4) is 11.5 Å². The highest BCUT2D eigenvalue weighted by atomic mass is 16.7. The van der Waals surface area contributed by atoms with Crippen molar-refractivity contribution in [2.75, 3.05) is 19.9 Å². The lowest BCUT2D eigenvalue weighted by molar-refractivity contribution is -0.135. The molecule has 0 aliphatic carbocycles. The largest absolute Gasteiger partial charge is 0.454 e. The van der Waals surface area contributed by atoms with Crippen LogP contribution < -0.4 is 14.9 Å². The summed E-state index contributed by atoms with van der Waals surface area (Å²) in [6, 6.07) is 9.05. The quantitative estimate of drug-likeness (QED) is 0.832. The fourth-order valence-electron chi connectivity index (χ4n) is 4.02. The van der Waals surface area contributed by atoms with Crippen LogP contribution in [0.15, 0.2) is 47.5 Å². The summed E-state index contributed by atoms with van der Waals surface area (Å²) in [6.07, 6.45) is 6.30. The van der Waals surface area contributed by atoms with Gasteiger partial charge < -0.3 is 18.9 Å². The van der Waals surface area contributed by atoms with Crippen molar-refractivity contribution >= 4 is 5.91 Å². The monoisotopic (exact) mass is 368 g/mol. The van der Waals surface area contributed by atoms with E-state index in [4.69, 9.17) is 9.47 Å². The zero-order valence-electron chi connectivity index (χ0n) is 15.5. The number of likely N-dealkylation sites (tertiary alicyclic amines) is 1. The van der Waals surface area contributed by atoms with Crippen molar-refractivity contribution in [2.45, 2.75) is 32.7 Å². The topological polar surface area (TPSA) is 60.8 Å². The molecule has 2 aliphatic rings. The molecule has 1 atom stereocenters. The Morgan fingerprint density at radius 3 is 2.74 bits per heavy atom. The summed E-state index contributed by atoms with van der Waals surface area (Å²) < 4.78 is 12.6. The minimum atomic E-state index is -0.0482. The van der Waals surface area contributed by atoms with Gasteiger partial charge in [-0.3, -0.25) is 9.59 Å². The average Bonchev–Trinajstić information content (AvgIpc) is 3.11. The number of amides is 1. The number of carbonyl (C=O) groups excluding carboxylic acids is 1. The van der Waals surface area contributed by atoms with Gasteiger partial charge in [-0.25, -0.2) is 0 Å². The molecule has 6 heteroatoms. The van der Waals surface area contributed by atoms with Gasteiger partial charge in [-0.1, -0.05) is 13.0 Å². The molecular weight excluding hydrogens is 344 g/mol. The van der Waals surface area contributed by atoms with Crippen molar-refractivity contribution in [3.63, 3.8) is 0 Å². The maximum Gasteiger partial charge on any atom is 0.242 e. The molecular formula is C21H24N2O4. The van der Waals surface area contributed by atoms with Gasteiger partial charge in [0.1, 0.15) is 6.54 Å². The molecule has 0 bridgehead atoms. The van der Waals surface area contributed by atoms with Crippen LogP contribution in [-0.4, -0.2) is 35.3 Å². The number of aromatic nitrogens is 1. The Balaban J connectivity index is 1.42. The first-order chi connectivity index (χ1) is 13.0. The third-order valence-corrected chi connectivity index (χ3v) is 5.38. The third kappa shape index (κ3) is 3.99. The highest BCUT2D eigenvalue weighted by Crippen LogP contribution is 2.37. The Labute approximate surface area is 158 Å². The summed E-state index contributed by atoms with van der Waals surface area (Å²) in [7, 11) is 0. The summed E-state index contributed by atoms with van der Waals surface area (Å²) in [5.74, 6) is 1.69. The minimum absolute atomic E-state index is 0.0329. The first-order valence-corrected chi connectivity index (χ1v) is 9.33. The summed E-state index contributed by atoms with van der Waals surface area (Å²) in [5.41, 5.74) is 1.19. The Morgan fingerprint density at radius 2 is 1.93 bits per heavy atom. The molecule has 2 aromatic rings. The van der Waals surface area contributed by atoms with Crippen molar-refractivity contribution in [1.29, 1.82) is 0 Å². The van der Waals surface area contributed by atoms with Gasteiger partial charge in [0.25, 0.3) is 0 Å². The van der Waals surface area contributed by atoms with Crippen LogP contribution in [0.25, 0.3) is 0 Å². The van der Waals surface area contributed by atoms with Crippen LogP contribution in [0, 0.1) is 5.41 Å². The second kappa shape index (κ2) is 7.10. The van der Waals surface area contributed by atoms with E-state index in [2.05, 4.69) is 19.1 Å². The Morgan fingerprint density at radius 1 is 1.15 bits per heavy atom. The Hall–Kier alpha value is -2.76. The van der Waals surface area contributed by atoms with Crippen molar-refractivity contribution in [2.24, 2.45) is 5.41 Å². The molecule has 142 valence electrons. The van der Waals surface area contributed by atoms with Crippen molar-refractivity contribution in [3.05, 3.63) is 58.5 Å². The number of hydrogen-bond acceptors (Lipinski definition) is 4. The van der Waals surface area contributed by atoms with Crippen LogP contribution >= 0.6 is 0 Å². The van der Waals surface area contributed by atoms with E-state index in [9.17, 15) is 9.59 Å². The fraction of sp³-hybridized carbons (Fsp3) is 0.429. The molecule has 0 N–H and O–H groups in total. The molecule has 1 amide bonds.